The van der Waals surface area contributed by atoms with Crippen LogP contribution < -0.4 is 5.32 Å². The summed E-state index contributed by atoms with van der Waals surface area (Å²) in [5.74, 6) is -0.177. The molecule has 0 heterocycles. The number of anilines is 1. The number of aryl methyl sites for hydroxylation is 4. The number of allylic oxidation sites excluding steroid dienone is 1. The Morgan fingerprint density at radius 3 is 1.73 bits per heavy atom. The van der Waals surface area contributed by atoms with E-state index in [9.17, 15) is 4.79 Å². The number of carbonyl (C=O) groups excluding carboxylic acids is 1. The summed E-state index contributed by atoms with van der Waals surface area (Å²) in [6.45, 7) is 14.0. The molecule has 0 aliphatic rings. The molecule has 0 aliphatic carbocycles. The lowest BCUT2D eigenvalue weighted by Gasteiger charge is -2.15. The normalized spacial score (nSPS) is 11.3. The van der Waals surface area contributed by atoms with Gasteiger partial charge in [-0.05, 0) is 76.3 Å². The van der Waals surface area contributed by atoms with E-state index in [4.69, 9.17) is 4.99 Å². The number of carbonyl (C=O) groups is 1. The number of para-hydroxylation sites is 2. The second-order valence-electron chi connectivity index (χ2n) is 7.05. The Balaban J connectivity index is 2.54. The molecule has 0 fully saturated rings. The lowest BCUT2D eigenvalue weighted by atomic mass is 10.0. The Morgan fingerprint density at radius 2 is 1.27 bits per heavy atom. The van der Waals surface area contributed by atoms with Crippen molar-refractivity contribution in [3.63, 3.8) is 0 Å². The molecule has 1 amide bonds. The second kappa shape index (κ2) is 8.13. The van der Waals surface area contributed by atoms with Crippen molar-refractivity contribution in [2.24, 2.45) is 4.99 Å². The maximum atomic E-state index is 13.1. The maximum Gasteiger partial charge on any atom is 0.274 e. The van der Waals surface area contributed by atoms with Crippen LogP contribution in [0.25, 0.3) is 0 Å². The first-order valence-corrected chi connectivity index (χ1v) is 8.89. The first-order chi connectivity index (χ1) is 12.2. The highest BCUT2D eigenvalue weighted by Gasteiger charge is 2.18. The van der Waals surface area contributed by atoms with E-state index in [2.05, 4.69) is 5.32 Å². The summed E-state index contributed by atoms with van der Waals surface area (Å²) in [7, 11) is 0. The highest BCUT2D eigenvalue weighted by Crippen LogP contribution is 2.26. The molecule has 0 saturated heterocycles. The van der Waals surface area contributed by atoms with E-state index in [-0.39, 0.29) is 5.91 Å². The summed E-state index contributed by atoms with van der Waals surface area (Å²) >= 11 is 0. The second-order valence-corrected chi connectivity index (χ2v) is 7.05. The van der Waals surface area contributed by atoms with Crippen molar-refractivity contribution < 1.29 is 4.79 Å². The number of hydrogen-bond acceptors (Lipinski definition) is 2. The van der Waals surface area contributed by atoms with Gasteiger partial charge >= 0.3 is 0 Å². The lowest BCUT2D eigenvalue weighted by Crippen LogP contribution is -2.25. The quantitative estimate of drug-likeness (QED) is 0.678. The van der Waals surface area contributed by atoms with Gasteiger partial charge in [-0.25, -0.2) is 4.99 Å². The fourth-order valence-electron chi connectivity index (χ4n) is 2.82. The van der Waals surface area contributed by atoms with Gasteiger partial charge in [-0.3, -0.25) is 4.79 Å². The standard InChI is InChI=1S/C23H28N2O/c1-14(2)19(7)22(24-20-15(3)10-8-11-16(20)4)23(26)25-21-17(5)12-9-13-18(21)6/h8-13H,1-7H3,(H,25,26). The third kappa shape index (κ3) is 4.29. The van der Waals surface area contributed by atoms with Crippen LogP contribution in [0.4, 0.5) is 11.4 Å². The van der Waals surface area contributed by atoms with Gasteiger partial charge in [-0.15, -0.1) is 0 Å². The number of benzene rings is 2. The van der Waals surface area contributed by atoms with Gasteiger partial charge < -0.3 is 5.32 Å². The molecule has 2 aromatic rings. The fourth-order valence-corrected chi connectivity index (χ4v) is 2.82. The summed E-state index contributed by atoms with van der Waals surface area (Å²) in [4.78, 5) is 17.9. The largest absolute Gasteiger partial charge is 0.320 e. The van der Waals surface area contributed by atoms with Crippen LogP contribution in [0.1, 0.15) is 43.0 Å². The fraction of sp³-hybridized carbons (Fsp3) is 0.304. The average Bonchev–Trinajstić information content (AvgIpc) is 2.57. The van der Waals surface area contributed by atoms with Crippen LogP contribution in [-0.2, 0) is 4.79 Å². The van der Waals surface area contributed by atoms with Crippen molar-refractivity contribution in [1.29, 1.82) is 0 Å². The van der Waals surface area contributed by atoms with Crippen LogP contribution in [0.2, 0.25) is 0 Å². The number of amides is 1. The van der Waals surface area contributed by atoms with Crippen LogP contribution in [0.3, 0.4) is 0 Å². The van der Waals surface area contributed by atoms with Crippen molar-refractivity contribution in [2.75, 3.05) is 5.32 Å². The molecule has 3 heteroatoms. The molecule has 3 nitrogen and oxygen atoms in total. The molecule has 0 atom stereocenters. The number of aliphatic imine (C=N–C) groups is 1. The Kier molecular flexibility index (Phi) is 6.14. The molecule has 0 bridgehead atoms. The molecule has 0 unspecified atom stereocenters. The van der Waals surface area contributed by atoms with E-state index in [1.54, 1.807) is 0 Å². The monoisotopic (exact) mass is 348 g/mol. The zero-order valence-corrected chi connectivity index (χ0v) is 16.8. The number of rotatable bonds is 4. The molecule has 0 radical (unpaired) electrons. The number of hydrogen-bond donors (Lipinski definition) is 1. The van der Waals surface area contributed by atoms with Crippen LogP contribution >= 0.6 is 0 Å². The molecule has 136 valence electrons. The molecule has 2 aromatic carbocycles. The van der Waals surface area contributed by atoms with Crippen LogP contribution in [-0.4, -0.2) is 11.6 Å². The predicted molar refractivity (Wildman–Crippen MR) is 112 cm³/mol. The minimum Gasteiger partial charge on any atom is -0.320 e. The van der Waals surface area contributed by atoms with Gasteiger partial charge in [0.15, 0.2) is 0 Å². The van der Waals surface area contributed by atoms with Crippen LogP contribution in [0.5, 0.6) is 0 Å². The van der Waals surface area contributed by atoms with Gasteiger partial charge in [0.05, 0.1) is 5.69 Å². The van der Waals surface area contributed by atoms with Crippen molar-refractivity contribution in [3.8, 4) is 0 Å². The van der Waals surface area contributed by atoms with Crippen molar-refractivity contribution >= 4 is 23.0 Å². The molecule has 0 spiro atoms. The molecule has 0 aromatic heterocycles. The highest BCUT2D eigenvalue weighted by molar-refractivity contribution is 6.49. The Labute approximate surface area is 156 Å². The first-order valence-electron chi connectivity index (χ1n) is 8.89. The smallest absolute Gasteiger partial charge is 0.274 e. The van der Waals surface area contributed by atoms with E-state index in [1.165, 1.54) is 0 Å². The van der Waals surface area contributed by atoms with E-state index in [0.717, 1.165) is 44.8 Å². The third-order valence-electron chi connectivity index (χ3n) is 4.70. The lowest BCUT2D eigenvalue weighted by molar-refractivity contribution is -0.110. The van der Waals surface area contributed by atoms with Gasteiger partial charge in [0.1, 0.15) is 5.71 Å². The van der Waals surface area contributed by atoms with E-state index in [1.807, 2.05) is 84.9 Å². The topological polar surface area (TPSA) is 41.5 Å². The summed E-state index contributed by atoms with van der Waals surface area (Å²) in [5.41, 5.74) is 8.35. The Hall–Kier alpha value is -2.68. The predicted octanol–water partition coefficient (Wildman–Crippen LogP) is 5.99. The number of nitrogens with zero attached hydrogens (tertiary/aromatic N) is 1. The van der Waals surface area contributed by atoms with E-state index >= 15 is 0 Å². The summed E-state index contributed by atoms with van der Waals surface area (Å²) in [6, 6.07) is 12.0. The van der Waals surface area contributed by atoms with E-state index < -0.39 is 0 Å². The average molecular weight is 348 g/mol. The molecule has 2 rings (SSSR count). The molecule has 26 heavy (non-hydrogen) atoms. The minimum absolute atomic E-state index is 0.177. The summed E-state index contributed by atoms with van der Waals surface area (Å²) in [6.07, 6.45) is 0. The maximum absolute atomic E-state index is 13.1. The van der Waals surface area contributed by atoms with Gasteiger partial charge in [0.25, 0.3) is 5.91 Å². The van der Waals surface area contributed by atoms with Gasteiger partial charge in [-0.1, -0.05) is 42.0 Å². The molecular formula is C23H28N2O. The van der Waals surface area contributed by atoms with Gasteiger partial charge in [0.2, 0.25) is 0 Å². The summed E-state index contributed by atoms with van der Waals surface area (Å²) in [5, 5.41) is 3.07. The zero-order chi connectivity index (χ0) is 19.4. The van der Waals surface area contributed by atoms with Crippen LogP contribution in [0.15, 0.2) is 52.5 Å². The van der Waals surface area contributed by atoms with Gasteiger partial charge in [-0.2, -0.15) is 0 Å². The molecule has 0 aliphatic heterocycles. The molecule has 1 N–H and O–H groups in total. The molecular weight excluding hydrogens is 320 g/mol. The first kappa shape index (κ1) is 19.6. The van der Waals surface area contributed by atoms with Crippen LogP contribution in [0, 0.1) is 27.7 Å². The van der Waals surface area contributed by atoms with Crippen molar-refractivity contribution in [1.82, 2.24) is 0 Å². The summed E-state index contributed by atoms with van der Waals surface area (Å²) < 4.78 is 0. The molecule has 0 saturated carbocycles. The third-order valence-corrected chi connectivity index (χ3v) is 4.70. The Morgan fingerprint density at radius 1 is 0.808 bits per heavy atom. The highest BCUT2D eigenvalue weighted by atomic mass is 16.1. The van der Waals surface area contributed by atoms with E-state index in [0.29, 0.717) is 5.71 Å². The minimum atomic E-state index is -0.177. The number of nitrogens with one attached hydrogen (secondary N) is 1. The Bertz CT molecular complexity index is 860. The van der Waals surface area contributed by atoms with Crippen molar-refractivity contribution in [2.45, 2.75) is 48.5 Å². The van der Waals surface area contributed by atoms with Gasteiger partial charge in [0, 0.05) is 5.69 Å². The zero-order valence-electron chi connectivity index (χ0n) is 16.8. The van der Waals surface area contributed by atoms with Crippen molar-refractivity contribution in [3.05, 3.63) is 69.8 Å². The SMILES string of the molecule is CC(C)=C(C)C(=Nc1c(C)cccc1C)C(=O)Nc1c(C)cccc1C.